The van der Waals surface area contributed by atoms with Crippen molar-refractivity contribution >= 4 is 28.7 Å². The summed E-state index contributed by atoms with van der Waals surface area (Å²) in [5.41, 5.74) is 2.61. The number of carbonyl (C=O) groups is 1. The monoisotopic (exact) mass is 331 g/mol. The summed E-state index contributed by atoms with van der Waals surface area (Å²) >= 11 is 1.46. The van der Waals surface area contributed by atoms with Crippen LogP contribution in [-0.2, 0) is 9.53 Å². The van der Waals surface area contributed by atoms with Crippen LogP contribution in [0.1, 0.15) is 19.5 Å². The number of carbonyl (C=O) groups excluding carboxylic acids is 1. The van der Waals surface area contributed by atoms with Crippen molar-refractivity contribution < 1.29 is 9.53 Å². The molecule has 5 nitrogen and oxygen atoms in total. The highest BCUT2D eigenvalue weighted by Gasteiger charge is 2.25. The number of aryl methyl sites for hydroxylation is 1. The minimum Gasteiger partial charge on any atom is -0.372 e. The Morgan fingerprint density at radius 3 is 2.48 bits per heavy atom. The van der Waals surface area contributed by atoms with E-state index in [0.29, 0.717) is 18.8 Å². The lowest BCUT2D eigenvalue weighted by atomic mass is 10.2. The molecule has 1 aliphatic rings. The third-order valence-electron chi connectivity index (χ3n) is 3.81. The number of ether oxygens (including phenoxy) is 1. The third-order valence-corrected chi connectivity index (χ3v) is 4.86. The van der Waals surface area contributed by atoms with Crippen LogP contribution >= 0.6 is 11.8 Å². The van der Waals surface area contributed by atoms with Crippen LogP contribution in [0, 0.1) is 6.92 Å². The molecule has 2 heterocycles. The first kappa shape index (κ1) is 16.2. The average Bonchev–Trinajstić information content (AvgIpc) is 2.51. The second kappa shape index (κ2) is 6.84. The SMILES string of the molecule is Cc1nc2ccccc2nc1SCC(=O)N1CC(C)OC(C)C1. The number of fused-ring (bicyclic) bond motifs is 1. The Labute approximate surface area is 140 Å². The van der Waals surface area contributed by atoms with Crippen LogP contribution in [0.5, 0.6) is 0 Å². The lowest BCUT2D eigenvalue weighted by molar-refractivity contribution is -0.140. The van der Waals surface area contributed by atoms with E-state index in [1.54, 1.807) is 0 Å². The van der Waals surface area contributed by atoms with Gasteiger partial charge < -0.3 is 9.64 Å². The molecule has 6 heteroatoms. The van der Waals surface area contributed by atoms with Crippen molar-refractivity contribution in [1.29, 1.82) is 0 Å². The summed E-state index contributed by atoms with van der Waals surface area (Å²) in [7, 11) is 0. The lowest BCUT2D eigenvalue weighted by Gasteiger charge is -2.35. The fraction of sp³-hybridized carbons (Fsp3) is 0.471. The molecule has 0 aliphatic carbocycles. The molecule has 1 fully saturated rings. The van der Waals surface area contributed by atoms with E-state index < -0.39 is 0 Å². The van der Waals surface area contributed by atoms with Gasteiger partial charge in [-0.1, -0.05) is 23.9 Å². The number of amides is 1. The van der Waals surface area contributed by atoms with Crippen LogP contribution in [0.2, 0.25) is 0 Å². The molecule has 2 unspecified atom stereocenters. The van der Waals surface area contributed by atoms with E-state index in [1.165, 1.54) is 11.8 Å². The van der Waals surface area contributed by atoms with E-state index in [0.717, 1.165) is 21.8 Å². The van der Waals surface area contributed by atoms with Crippen molar-refractivity contribution in [3.05, 3.63) is 30.0 Å². The van der Waals surface area contributed by atoms with E-state index in [1.807, 2.05) is 49.9 Å². The van der Waals surface area contributed by atoms with Crippen LogP contribution in [-0.4, -0.2) is 51.8 Å². The van der Waals surface area contributed by atoms with Gasteiger partial charge in [-0.15, -0.1) is 0 Å². The topological polar surface area (TPSA) is 55.3 Å². The first-order valence-corrected chi connectivity index (χ1v) is 8.81. The zero-order valence-corrected chi connectivity index (χ0v) is 14.5. The van der Waals surface area contributed by atoms with Gasteiger partial charge in [0.05, 0.1) is 34.7 Å². The third kappa shape index (κ3) is 3.82. The van der Waals surface area contributed by atoms with Gasteiger partial charge in [-0.2, -0.15) is 0 Å². The van der Waals surface area contributed by atoms with Crippen molar-refractivity contribution in [2.24, 2.45) is 0 Å². The molecule has 2 atom stereocenters. The number of benzene rings is 1. The van der Waals surface area contributed by atoms with Gasteiger partial charge in [-0.3, -0.25) is 4.79 Å². The Bertz CT molecular complexity index is 712. The summed E-state index contributed by atoms with van der Waals surface area (Å²) in [6, 6.07) is 7.79. The Kier molecular flexibility index (Phi) is 4.82. The van der Waals surface area contributed by atoms with Crippen LogP contribution in [0.15, 0.2) is 29.3 Å². The first-order valence-electron chi connectivity index (χ1n) is 7.82. The molecule has 1 aliphatic heterocycles. The van der Waals surface area contributed by atoms with Crippen molar-refractivity contribution in [2.45, 2.75) is 38.0 Å². The van der Waals surface area contributed by atoms with Crippen LogP contribution in [0.25, 0.3) is 11.0 Å². The fourth-order valence-electron chi connectivity index (χ4n) is 2.81. The van der Waals surface area contributed by atoms with Gasteiger partial charge in [0.25, 0.3) is 0 Å². The molecule has 0 spiro atoms. The Hall–Kier alpha value is -1.66. The summed E-state index contributed by atoms with van der Waals surface area (Å²) in [4.78, 5) is 23.5. The predicted octanol–water partition coefficient (Wildman–Crippen LogP) is 2.67. The Morgan fingerprint density at radius 1 is 1.22 bits per heavy atom. The minimum absolute atomic E-state index is 0.0925. The van der Waals surface area contributed by atoms with Crippen LogP contribution in [0.3, 0.4) is 0 Å². The molecule has 122 valence electrons. The van der Waals surface area contributed by atoms with Gasteiger partial charge in [-0.05, 0) is 32.9 Å². The number of morpholine rings is 1. The largest absolute Gasteiger partial charge is 0.372 e. The number of hydrogen-bond acceptors (Lipinski definition) is 5. The summed E-state index contributed by atoms with van der Waals surface area (Å²) in [6.07, 6.45) is 0.185. The highest BCUT2D eigenvalue weighted by molar-refractivity contribution is 7.99. The number of hydrogen-bond donors (Lipinski definition) is 0. The first-order chi connectivity index (χ1) is 11.0. The van der Waals surface area contributed by atoms with Gasteiger partial charge in [0, 0.05) is 13.1 Å². The fourth-order valence-corrected chi connectivity index (χ4v) is 3.67. The number of aromatic nitrogens is 2. The highest BCUT2D eigenvalue weighted by atomic mass is 32.2. The minimum atomic E-state index is 0.0925. The summed E-state index contributed by atoms with van der Waals surface area (Å²) in [5, 5.41) is 0.825. The average molecular weight is 331 g/mol. The van der Waals surface area contributed by atoms with Crippen molar-refractivity contribution in [3.63, 3.8) is 0 Å². The molecule has 3 rings (SSSR count). The molecule has 23 heavy (non-hydrogen) atoms. The van der Waals surface area contributed by atoms with Gasteiger partial charge in [0.15, 0.2) is 0 Å². The number of thioether (sulfide) groups is 1. The van der Waals surface area contributed by atoms with Crippen LogP contribution in [0.4, 0.5) is 0 Å². The van der Waals surface area contributed by atoms with Gasteiger partial charge in [-0.25, -0.2) is 9.97 Å². The Morgan fingerprint density at radius 2 is 1.83 bits per heavy atom. The van der Waals surface area contributed by atoms with Gasteiger partial charge in [0.2, 0.25) is 5.91 Å². The molecule has 2 aromatic rings. The van der Waals surface area contributed by atoms with Gasteiger partial charge in [0.1, 0.15) is 5.03 Å². The van der Waals surface area contributed by atoms with Gasteiger partial charge >= 0.3 is 0 Å². The molecule has 0 bridgehead atoms. The van der Waals surface area contributed by atoms with Crippen molar-refractivity contribution in [1.82, 2.24) is 14.9 Å². The normalized spacial score (nSPS) is 21.6. The number of rotatable bonds is 3. The van der Waals surface area contributed by atoms with Crippen molar-refractivity contribution in [2.75, 3.05) is 18.8 Å². The second-order valence-electron chi connectivity index (χ2n) is 5.95. The molecule has 1 saturated heterocycles. The molecule has 0 N–H and O–H groups in total. The van der Waals surface area contributed by atoms with E-state index in [2.05, 4.69) is 9.97 Å². The molecular weight excluding hydrogens is 310 g/mol. The molecule has 0 radical (unpaired) electrons. The lowest BCUT2D eigenvalue weighted by Crippen LogP contribution is -2.48. The molecular formula is C17H21N3O2S. The molecule has 0 saturated carbocycles. The highest BCUT2D eigenvalue weighted by Crippen LogP contribution is 2.23. The quantitative estimate of drug-likeness (QED) is 0.809. The molecule has 1 amide bonds. The second-order valence-corrected chi connectivity index (χ2v) is 6.91. The molecule has 1 aromatic carbocycles. The summed E-state index contributed by atoms with van der Waals surface area (Å²) in [5.74, 6) is 0.513. The smallest absolute Gasteiger partial charge is 0.233 e. The maximum atomic E-state index is 12.4. The van der Waals surface area contributed by atoms with E-state index in [4.69, 9.17) is 4.74 Å². The van der Waals surface area contributed by atoms with E-state index >= 15 is 0 Å². The Balaban J connectivity index is 1.68. The summed E-state index contributed by atoms with van der Waals surface area (Å²) < 4.78 is 5.67. The van der Waals surface area contributed by atoms with Crippen molar-refractivity contribution in [3.8, 4) is 0 Å². The zero-order valence-electron chi connectivity index (χ0n) is 13.7. The zero-order chi connectivity index (χ0) is 16.4. The molecule has 1 aromatic heterocycles. The standard InChI is InChI=1S/C17H21N3O2S/c1-11-8-20(9-12(2)22-11)16(21)10-23-17-13(3)18-14-6-4-5-7-15(14)19-17/h4-7,11-12H,8-10H2,1-3H3. The van der Waals surface area contributed by atoms with E-state index in [9.17, 15) is 4.79 Å². The van der Waals surface area contributed by atoms with Crippen LogP contribution < -0.4 is 0 Å². The number of para-hydroxylation sites is 2. The maximum Gasteiger partial charge on any atom is 0.233 e. The predicted molar refractivity (Wildman–Crippen MR) is 91.6 cm³/mol. The summed E-state index contributed by atoms with van der Waals surface area (Å²) in [6.45, 7) is 7.26. The van der Waals surface area contributed by atoms with E-state index in [-0.39, 0.29) is 18.1 Å². The maximum absolute atomic E-state index is 12.4. The number of nitrogens with zero attached hydrogens (tertiary/aromatic N) is 3.